The van der Waals surface area contributed by atoms with E-state index in [1.165, 1.54) is 11.8 Å². The molecule has 1 aliphatic rings. The minimum Gasteiger partial charge on any atom is -0.496 e. The van der Waals surface area contributed by atoms with Crippen molar-refractivity contribution in [3.63, 3.8) is 0 Å². The number of rotatable bonds is 8. The van der Waals surface area contributed by atoms with Gasteiger partial charge < -0.3 is 14.5 Å². The first-order chi connectivity index (χ1) is 20.5. The van der Waals surface area contributed by atoms with Gasteiger partial charge in [0.1, 0.15) is 23.9 Å². The maximum absolute atomic E-state index is 13.9. The predicted octanol–water partition coefficient (Wildman–Crippen LogP) is 5.93. The van der Waals surface area contributed by atoms with Crippen LogP contribution in [-0.4, -0.2) is 41.0 Å². The number of hydrogen-bond acceptors (Lipinski definition) is 6. The molecule has 0 saturated heterocycles. The van der Waals surface area contributed by atoms with Crippen molar-refractivity contribution in [1.29, 1.82) is 0 Å². The van der Waals surface area contributed by atoms with Gasteiger partial charge >= 0.3 is 0 Å². The number of carbonyl (C=O) groups is 2. The van der Waals surface area contributed by atoms with Gasteiger partial charge in [-0.1, -0.05) is 66.2 Å². The molecule has 3 aromatic carbocycles. The fraction of sp³-hybridized carbons (Fsp3) is 0.182. The van der Waals surface area contributed by atoms with E-state index in [9.17, 15) is 9.59 Å². The van der Waals surface area contributed by atoms with E-state index >= 15 is 0 Å². The zero-order chi connectivity index (χ0) is 29.1. The van der Waals surface area contributed by atoms with Crippen molar-refractivity contribution in [1.82, 2.24) is 15.1 Å². The molecule has 2 aromatic heterocycles. The zero-order valence-electron chi connectivity index (χ0n) is 23.3. The second-order valence-corrected chi connectivity index (χ2v) is 11.1. The van der Waals surface area contributed by atoms with Crippen LogP contribution in [0.3, 0.4) is 0 Å². The largest absolute Gasteiger partial charge is 0.496 e. The number of anilines is 1. The smallest absolute Gasteiger partial charge is 0.240 e. The minimum atomic E-state index is -0.302. The van der Waals surface area contributed by atoms with Crippen LogP contribution in [0.4, 0.5) is 5.82 Å². The number of thioether (sulfide) groups is 1. The molecule has 212 valence electrons. The van der Waals surface area contributed by atoms with Gasteiger partial charge in [-0.25, -0.2) is 4.68 Å². The summed E-state index contributed by atoms with van der Waals surface area (Å²) in [4.78, 5) is 28.8. The first-order valence-electron chi connectivity index (χ1n) is 13.6. The summed E-state index contributed by atoms with van der Waals surface area (Å²) in [6.07, 6.45) is 1.56. The Bertz CT molecular complexity index is 1700. The molecule has 0 aliphatic carbocycles. The Labute approximate surface area is 248 Å². The number of amides is 2. The molecule has 1 atom stereocenters. The molecule has 2 amide bonds. The molecule has 0 spiro atoms. The van der Waals surface area contributed by atoms with Gasteiger partial charge in [-0.15, -0.1) is 11.8 Å². The van der Waals surface area contributed by atoms with Crippen LogP contribution in [0.5, 0.6) is 5.75 Å². The molecule has 1 unspecified atom stereocenters. The summed E-state index contributed by atoms with van der Waals surface area (Å²) >= 11 is 1.51. The lowest BCUT2D eigenvalue weighted by Crippen LogP contribution is -2.42. The van der Waals surface area contributed by atoms with Crippen molar-refractivity contribution >= 4 is 29.4 Å². The predicted molar refractivity (Wildman–Crippen MR) is 164 cm³/mol. The molecule has 8 nitrogen and oxygen atoms in total. The van der Waals surface area contributed by atoms with Crippen molar-refractivity contribution < 1.29 is 18.7 Å². The van der Waals surface area contributed by atoms with E-state index in [0.717, 1.165) is 39.4 Å². The third kappa shape index (κ3) is 5.43. The first-order valence-corrected chi connectivity index (χ1v) is 14.7. The Morgan fingerprint density at radius 1 is 1.02 bits per heavy atom. The number of methoxy groups -OCH3 is 1. The fourth-order valence-electron chi connectivity index (χ4n) is 5.12. The number of benzene rings is 3. The maximum atomic E-state index is 13.9. The van der Waals surface area contributed by atoms with Crippen LogP contribution < -0.4 is 15.0 Å². The molecule has 0 bridgehead atoms. The third-order valence-corrected chi connectivity index (χ3v) is 8.41. The molecular weight excluding hydrogens is 548 g/mol. The van der Waals surface area contributed by atoms with Crippen LogP contribution in [0.2, 0.25) is 0 Å². The Morgan fingerprint density at radius 3 is 2.52 bits per heavy atom. The zero-order valence-corrected chi connectivity index (χ0v) is 24.1. The summed E-state index contributed by atoms with van der Waals surface area (Å²) in [5.74, 6) is 1.61. The van der Waals surface area contributed by atoms with E-state index in [1.807, 2.05) is 85.8 Å². The number of ether oxygens (including phenoxy) is 1. The number of para-hydroxylation sites is 1. The van der Waals surface area contributed by atoms with Crippen LogP contribution in [0.25, 0.3) is 16.9 Å². The second kappa shape index (κ2) is 12.0. The van der Waals surface area contributed by atoms with Crippen LogP contribution in [0.1, 0.15) is 27.7 Å². The van der Waals surface area contributed by atoms with E-state index in [2.05, 4.69) is 5.32 Å². The highest BCUT2D eigenvalue weighted by Crippen LogP contribution is 2.50. The molecule has 9 heteroatoms. The molecule has 3 heterocycles. The molecule has 0 fully saturated rings. The quantitative estimate of drug-likeness (QED) is 0.245. The molecule has 0 radical (unpaired) electrons. The lowest BCUT2D eigenvalue weighted by Gasteiger charge is -2.23. The number of carbonyl (C=O) groups excluding carboxylic acids is 2. The van der Waals surface area contributed by atoms with E-state index in [-0.39, 0.29) is 35.9 Å². The number of nitrogens with one attached hydrogen (secondary N) is 1. The number of aromatic nitrogens is 2. The van der Waals surface area contributed by atoms with Gasteiger partial charge in [0, 0.05) is 16.7 Å². The Morgan fingerprint density at radius 2 is 1.79 bits per heavy atom. The van der Waals surface area contributed by atoms with Crippen molar-refractivity contribution in [2.45, 2.75) is 18.7 Å². The lowest BCUT2D eigenvalue weighted by molar-refractivity contribution is -0.123. The van der Waals surface area contributed by atoms with Gasteiger partial charge in [0.05, 0.1) is 42.3 Å². The summed E-state index contributed by atoms with van der Waals surface area (Å²) in [7, 11) is 1.65. The van der Waals surface area contributed by atoms with Crippen LogP contribution in [-0.2, 0) is 16.1 Å². The van der Waals surface area contributed by atoms with Crippen LogP contribution >= 0.6 is 11.8 Å². The summed E-state index contributed by atoms with van der Waals surface area (Å²) in [6.45, 7) is 2.08. The summed E-state index contributed by atoms with van der Waals surface area (Å²) in [5, 5.41) is 7.74. The average Bonchev–Trinajstić information content (AvgIpc) is 3.66. The third-order valence-electron chi connectivity index (χ3n) is 7.18. The molecule has 5 aromatic rings. The van der Waals surface area contributed by atoms with Gasteiger partial charge in [-0.2, -0.15) is 5.10 Å². The molecule has 6 rings (SSSR count). The summed E-state index contributed by atoms with van der Waals surface area (Å²) < 4.78 is 12.9. The molecule has 1 N–H and O–H groups in total. The van der Waals surface area contributed by atoms with Gasteiger partial charge in [-0.05, 0) is 37.3 Å². The fourth-order valence-corrected chi connectivity index (χ4v) is 6.34. The number of aryl methyl sites for hydroxylation is 1. The monoisotopic (exact) mass is 578 g/mol. The van der Waals surface area contributed by atoms with E-state index in [1.54, 1.807) is 35.1 Å². The standard InChI is InChI=1S/C33H30N4O4S/c1-22-14-16-24(17-15-22)37-33-30(31(35-37)23-9-4-3-5-10-23)32(26-12-6-7-13-27(26)40-2)42-21-29(39)36(33)20-28(38)34-19-25-11-8-18-41-25/h3-18,32H,19-21H2,1-2H3,(H,34,38). The second-order valence-electron chi connectivity index (χ2n) is 9.97. The van der Waals surface area contributed by atoms with E-state index in [4.69, 9.17) is 14.3 Å². The van der Waals surface area contributed by atoms with Crippen molar-refractivity contribution in [2.75, 3.05) is 24.3 Å². The molecule has 0 saturated carbocycles. The first kappa shape index (κ1) is 27.4. The average molecular weight is 579 g/mol. The number of hydrogen-bond donors (Lipinski definition) is 1. The highest BCUT2D eigenvalue weighted by molar-refractivity contribution is 8.00. The molecule has 1 aliphatic heterocycles. The van der Waals surface area contributed by atoms with Crippen LogP contribution in [0, 0.1) is 6.92 Å². The summed E-state index contributed by atoms with van der Waals surface area (Å²) in [6, 6.07) is 29.3. The van der Waals surface area contributed by atoms with E-state index < -0.39 is 0 Å². The number of fused-ring (bicyclic) bond motifs is 1. The Kier molecular flexibility index (Phi) is 7.83. The Balaban J connectivity index is 1.55. The van der Waals surface area contributed by atoms with Gasteiger partial charge in [-0.3, -0.25) is 14.5 Å². The Hall–Kier alpha value is -4.76. The van der Waals surface area contributed by atoms with Gasteiger partial charge in [0.2, 0.25) is 11.8 Å². The molecular formula is C33H30N4O4S. The molecule has 42 heavy (non-hydrogen) atoms. The number of furan rings is 1. The van der Waals surface area contributed by atoms with Gasteiger partial charge in [0.15, 0.2) is 0 Å². The van der Waals surface area contributed by atoms with E-state index in [0.29, 0.717) is 11.6 Å². The minimum absolute atomic E-state index is 0.169. The van der Waals surface area contributed by atoms with Gasteiger partial charge in [0.25, 0.3) is 0 Å². The summed E-state index contributed by atoms with van der Waals surface area (Å²) in [5.41, 5.74) is 5.33. The topological polar surface area (TPSA) is 89.6 Å². The maximum Gasteiger partial charge on any atom is 0.240 e. The van der Waals surface area contributed by atoms with Crippen LogP contribution in [0.15, 0.2) is 102 Å². The van der Waals surface area contributed by atoms with Crippen molar-refractivity contribution in [3.8, 4) is 22.7 Å². The SMILES string of the molecule is COc1ccccc1C1SCC(=O)N(CC(=O)NCc2ccco2)c2c1c(-c1ccccc1)nn2-c1ccc(C)cc1. The normalized spacial score (nSPS) is 14.8. The van der Waals surface area contributed by atoms with Crippen molar-refractivity contribution in [3.05, 3.63) is 120 Å². The highest BCUT2D eigenvalue weighted by Gasteiger charge is 2.38. The number of nitrogens with zero attached hydrogens (tertiary/aromatic N) is 3. The lowest BCUT2D eigenvalue weighted by atomic mass is 9.99. The highest BCUT2D eigenvalue weighted by atomic mass is 32.2. The van der Waals surface area contributed by atoms with Crippen molar-refractivity contribution in [2.24, 2.45) is 0 Å².